The summed E-state index contributed by atoms with van der Waals surface area (Å²) in [5, 5.41) is 8.88. The number of rotatable bonds is 3. The lowest BCUT2D eigenvalue weighted by atomic mass is 9.84. The van der Waals surface area contributed by atoms with Gasteiger partial charge in [-0.1, -0.05) is 49.6 Å². The molecule has 1 fully saturated rings. The van der Waals surface area contributed by atoms with Crippen molar-refractivity contribution in [2.45, 2.75) is 44.9 Å². The molecule has 92 valence electrons. The lowest BCUT2D eigenvalue weighted by molar-refractivity contribution is 0.343. The van der Waals surface area contributed by atoms with Gasteiger partial charge in [-0.2, -0.15) is 0 Å². The zero-order valence-electron chi connectivity index (χ0n) is 10.7. The summed E-state index contributed by atoms with van der Waals surface area (Å²) in [7, 11) is 0. The first-order valence-corrected chi connectivity index (χ1v) is 6.69. The Hall–Kier alpha value is -1.08. The van der Waals surface area contributed by atoms with E-state index in [0.29, 0.717) is 0 Å². The van der Waals surface area contributed by atoms with Crippen LogP contribution in [0.1, 0.15) is 56.1 Å². The molecule has 17 heavy (non-hydrogen) atoms. The van der Waals surface area contributed by atoms with Crippen LogP contribution in [-0.4, -0.2) is 11.7 Å². The highest BCUT2D eigenvalue weighted by atomic mass is 16.2. The maximum Gasteiger partial charge on any atom is 0.0618 e. The number of allylic oxidation sites excluding steroid dienone is 1. The molecule has 1 heteroatoms. The van der Waals surface area contributed by atoms with Crippen LogP contribution in [0.4, 0.5) is 0 Å². The van der Waals surface area contributed by atoms with Crippen LogP contribution in [0, 0.1) is 0 Å². The summed E-state index contributed by atoms with van der Waals surface area (Å²) in [6.07, 6.45) is 8.74. The van der Waals surface area contributed by atoms with Crippen molar-refractivity contribution in [2.75, 3.05) is 6.61 Å². The maximum atomic E-state index is 8.88. The maximum absolute atomic E-state index is 8.88. The largest absolute Gasteiger partial charge is 0.392 e. The monoisotopic (exact) mass is 230 g/mol. The van der Waals surface area contributed by atoms with Gasteiger partial charge in [-0.05, 0) is 42.4 Å². The van der Waals surface area contributed by atoms with Crippen molar-refractivity contribution in [1.29, 1.82) is 0 Å². The number of hydrogen-bond donors (Lipinski definition) is 1. The van der Waals surface area contributed by atoms with Crippen LogP contribution in [0.25, 0.3) is 5.57 Å². The Balaban J connectivity index is 2.09. The van der Waals surface area contributed by atoms with E-state index in [1.165, 1.54) is 43.2 Å². The van der Waals surface area contributed by atoms with Crippen LogP contribution < -0.4 is 0 Å². The van der Waals surface area contributed by atoms with Crippen LogP contribution in [0.3, 0.4) is 0 Å². The highest BCUT2D eigenvalue weighted by Crippen LogP contribution is 2.32. The molecule has 1 aromatic rings. The van der Waals surface area contributed by atoms with E-state index >= 15 is 0 Å². The minimum Gasteiger partial charge on any atom is -0.392 e. The molecule has 0 aromatic heterocycles. The van der Waals surface area contributed by atoms with E-state index in [0.717, 1.165) is 11.5 Å². The second-order valence-corrected chi connectivity index (χ2v) is 5.03. The van der Waals surface area contributed by atoms with Crippen molar-refractivity contribution in [3.63, 3.8) is 0 Å². The summed E-state index contributed by atoms with van der Waals surface area (Å²) in [5.74, 6) is 0.778. The fourth-order valence-electron chi connectivity index (χ4n) is 2.71. The van der Waals surface area contributed by atoms with E-state index < -0.39 is 0 Å². The smallest absolute Gasteiger partial charge is 0.0618 e. The van der Waals surface area contributed by atoms with Crippen molar-refractivity contribution in [1.82, 2.24) is 0 Å². The third kappa shape index (κ3) is 3.19. The Morgan fingerprint density at radius 1 is 1.18 bits per heavy atom. The van der Waals surface area contributed by atoms with Crippen LogP contribution in [-0.2, 0) is 0 Å². The molecule has 0 bridgehead atoms. The molecule has 0 unspecified atom stereocenters. The van der Waals surface area contributed by atoms with E-state index in [4.69, 9.17) is 5.11 Å². The molecule has 0 atom stereocenters. The van der Waals surface area contributed by atoms with Gasteiger partial charge < -0.3 is 5.11 Å². The molecular formula is C16H22O. The van der Waals surface area contributed by atoms with Gasteiger partial charge in [0.15, 0.2) is 0 Å². The van der Waals surface area contributed by atoms with Gasteiger partial charge in [0.1, 0.15) is 0 Å². The number of aliphatic hydroxyl groups excluding tert-OH is 1. The van der Waals surface area contributed by atoms with Gasteiger partial charge in [0.05, 0.1) is 6.61 Å². The fraction of sp³-hybridized carbons (Fsp3) is 0.500. The van der Waals surface area contributed by atoms with Gasteiger partial charge in [0, 0.05) is 0 Å². The second-order valence-electron chi connectivity index (χ2n) is 5.03. The van der Waals surface area contributed by atoms with Gasteiger partial charge in [-0.15, -0.1) is 0 Å². The summed E-state index contributed by atoms with van der Waals surface area (Å²) < 4.78 is 0. The lowest BCUT2D eigenvalue weighted by Gasteiger charge is -2.22. The van der Waals surface area contributed by atoms with Crippen LogP contribution in [0.5, 0.6) is 0 Å². The topological polar surface area (TPSA) is 20.2 Å². The number of hydrogen-bond acceptors (Lipinski definition) is 1. The van der Waals surface area contributed by atoms with Gasteiger partial charge >= 0.3 is 0 Å². The molecule has 0 spiro atoms. The molecular weight excluding hydrogens is 208 g/mol. The molecule has 1 N–H and O–H groups in total. The first kappa shape index (κ1) is 12.4. The van der Waals surface area contributed by atoms with Crippen molar-refractivity contribution < 1.29 is 5.11 Å². The summed E-state index contributed by atoms with van der Waals surface area (Å²) in [6, 6.07) is 8.90. The SMILES string of the molecule is C/C(=C/CO)c1ccc(C2CCCCC2)cc1. The van der Waals surface area contributed by atoms with Crippen LogP contribution in [0.2, 0.25) is 0 Å². The lowest BCUT2D eigenvalue weighted by Crippen LogP contribution is -2.04. The summed E-state index contributed by atoms with van der Waals surface area (Å²) >= 11 is 0. The molecule has 1 aliphatic rings. The number of benzene rings is 1. The average Bonchev–Trinajstić information content (AvgIpc) is 2.40. The molecule has 1 nitrogen and oxygen atoms in total. The van der Waals surface area contributed by atoms with Crippen LogP contribution in [0.15, 0.2) is 30.3 Å². The molecule has 0 aliphatic heterocycles. The van der Waals surface area contributed by atoms with Crippen molar-refractivity contribution in [3.05, 3.63) is 41.5 Å². The Labute approximate surface area is 104 Å². The summed E-state index contributed by atoms with van der Waals surface area (Å²) in [6.45, 7) is 2.17. The second kappa shape index (κ2) is 6.02. The Kier molecular flexibility index (Phi) is 4.38. The minimum atomic E-state index is 0.121. The standard InChI is InChI=1S/C16H22O/c1-13(11-12-17)14-7-9-16(10-8-14)15-5-3-2-4-6-15/h7-11,15,17H,2-6,12H2,1H3/b13-11-. The zero-order chi connectivity index (χ0) is 12.1. The zero-order valence-corrected chi connectivity index (χ0v) is 10.7. The normalized spacial score (nSPS) is 18.4. The van der Waals surface area contributed by atoms with E-state index in [1.807, 2.05) is 13.0 Å². The van der Waals surface area contributed by atoms with Crippen molar-refractivity contribution in [3.8, 4) is 0 Å². The Bertz CT molecular complexity index is 369. The van der Waals surface area contributed by atoms with E-state index in [9.17, 15) is 0 Å². The van der Waals surface area contributed by atoms with Gasteiger partial charge in [0.25, 0.3) is 0 Å². The van der Waals surface area contributed by atoms with Crippen molar-refractivity contribution in [2.24, 2.45) is 0 Å². The average molecular weight is 230 g/mol. The molecule has 0 heterocycles. The molecule has 2 rings (SSSR count). The fourth-order valence-corrected chi connectivity index (χ4v) is 2.71. The Morgan fingerprint density at radius 3 is 2.41 bits per heavy atom. The van der Waals surface area contributed by atoms with E-state index in [-0.39, 0.29) is 6.61 Å². The van der Waals surface area contributed by atoms with E-state index in [2.05, 4.69) is 24.3 Å². The minimum absolute atomic E-state index is 0.121. The molecule has 0 amide bonds. The third-order valence-electron chi connectivity index (χ3n) is 3.84. The summed E-state index contributed by atoms with van der Waals surface area (Å²) in [4.78, 5) is 0. The quantitative estimate of drug-likeness (QED) is 0.827. The first-order valence-electron chi connectivity index (χ1n) is 6.69. The predicted molar refractivity (Wildman–Crippen MR) is 73.0 cm³/mol. The molecule has 1 saturated carbocycles. The van der Waals surface area contributed by atoms with Gasteiger partial charge in [0.2, 0.25) is 0 Å². The molecule has 1 aromatic carbocycles. The molecule has 0 saturated heterocycles. The summed E-state index contributed by atoms with van der Waals surface area (Å²) in [5.41, 5.74) is 3.87. The predicted octanol–water partition coefficient (Wildman–Crippen LogP) is 4.13. The van der Waals surface area contributed by atoms with Gasteiger partial charge in [-0.25, -0.2) is 0 Å². The first-order chi connectivity index (χ1) is 8.31. The molecule has 1 aliphatic carbocycles. The highest BCUT2D eigenvalue weighted by Gasteiger charge is 2.14. The van der Waals surface area contributed by atoms with Crippen LogP contribution >= 0.6 is 0 Å². The molecule has 0 radical (unpaired) electrons. The van der Waals surface area contributed by atoms with Crippen molar-refractivity contribution >= 4 is 5.57 Å². The van der Waals surface area contributed by atoms with E-state index in [1.54, 1.807) is 0 Å². The highest BCUT2D eigenvalue weighted by molar-refractivity contribution is 5.63. The Morgan fingerprint density at radius 2 is 1.82 bits per heavy atom. The third-order valence-corrected chi connectivity index (χ3v) is 3.84. The van der Waals surface area contributed by atoms with Gasteiger partial charge in [-0.3, -0.25) is 0 Å². The number of aliphatic hydroxyl groups is 1.